The van der Waals surface area contributed by atoms with Crippen LogP contribution in [-0.2, 0) is 7.05 Å². The maximum atomic E-state index is 5.73. The highest BCUT2D eigenvalue weighted by Crippen LogP contribution is 2.13. The van der Waals surface area contributed by atoms with Crippen LogP contribution in [-0.4, -0.2) is 29.0 Å². The van der Waals surface area contributed by atoms with Crippen LogP contribution in [0.25, 0.3) is 0 Å². The van der Waals surface area contributed by atoms with E-state index in [0.29, 0.717) is 6.10 Å². The Morgan fingerprint density at radius 1 is 1.69 bits per heavy atom. The van der Waals surface area contributed by atoms with E-state index in [9.17, 15) is 0 Å². The Kier molecular flexibility index (Phi) is 2.49. The van der Waals surface area contributed by atoms with E-state index in [1.54, 1.807) is 10.9 Å². The van der Waals surface area contributed by atoms with Gasteiger partial charge in [-0.05, 0) is 19.4 Å². The monoisotopic (exact) mass is 181 g/mol. The summed E-state index contributed by atoms with van der Waals surface area (Å²) in [5.74, 6) is 0.871. The summed E-state index contributed by atoms with van der Waals surface area (Å²) in [7, 11) is 1.89. The lowest BCUT2D eigenvalue weighted by molar-refractivity contribution is 0.167. The van der Waals surface area contributed by atoms with Gasteiger partial charge in [-0.3, -0.25) is 4.68 Å². The van der Waals surface area contributed by atoms with Crippen LogP contribution < -0.4 is 10.1 Å². The van der Waals surface area contributed by atoms with Gasteiger partial charge in [-0.15, -0.1) is 0 Å². The van der Waals surface area contributed by atoms with Crippen LogP contribution in [0.5, 0.6) is 5.75 Å². The lowest BCUT2D eigenvalue weighted by Crippen LogP contribution is -2.37. The van der Waals surface area contributed by atoms with Crippen LogP contribution in [0.2, 0.25) is 0 Å². The molecule has 0 amide bonds. The Labute approximate surface area is 77.9 Å². The first-order valence-corrected chi connectivity index (χ1v) is 4.70. The Hall–Kier alpha value is -1.03. The molecule has 4 heteroatoms. The summed E-state index contributed by atoms with van der Waals surface area (Å²) in [5.41, 5.74) is 0. The molecule has 1 aliphatic rings. The van der Waals surface area contributed by atoms with Gasteiger partial charge in [0, 0.05) is 13.6 Å². The molecule has 1 aromatic heterocycles. The van der Waals surface area contributed by atoms with Crippen molar-refractivity contribution in [2.24, 2.45) is 7.05 Å². The molecule has 0 radical (unpaired) electrons. The number of ether oxygens (including phenoxy) is 1. The number of aromatic nitrogens is 2. The SMILES string of the molecule is Cn1cc(O[C@H]2CCCNC2)cn1. The molecule has 1 N–H and O–H groups in total. The second kappa shape index (κ2) is 3.79. The van der Waals surface area contributed by atoms with Gasteiger partial charge < -0.3 is 10.1 Å². The van der Waals surface area contributed by atoms with E-state index in [-0.39, 0.29) is 0 Å². The van der Waals surface area contributed by atoms with Crippen LogP contribution >= 0.6 is 0 Å². The fraction of sp³-hybridized carbons (Fsp3) is 0.667. The number of nitrogens with zero attached hydrogens (tertiary/aromatic N) is 2. The molecule has 1 saturated heterocycles. The molecule has 72 valence electrons. The third-order valence-corrected chi connectivity index (χ3v) is 2.24. The number of hydrogen-bond acceptors (Lipinski definition) is 3. The van der Waals surface area contributed by atoms with Crippen molar-refractivity contribution in [3.63, 3.8) is 0 Å². The maximum absolute atomic E-state index is 5.73. The number of hydrogen-bond donors (Lipinski definition) is 1. The van der Waals surface area contributed by atoms with E-state index in [1.165, 1.54) is 6.42 Å². The number of rotatable bonds is 2. The summed E-state index contributed by atoms with van der Waals surface area (Å²) >= 11 is 0. The van der Waals surface area contributed by atoms with Crippen molar-refractivity contribution in [1.29, 1.82) is 0 Å². The molecular formula is C9H15N3O. The van der Waals surface area contributed by atoms with Crippen molar-refractivity contribution in [3.05, 3.63) is 12.4 Å². The molecule has 0 aromatic carbocycles. The third-order valence-electron chi connectivity index (χ3n) is 2.24. The Balaban J connectivity index is 1.89. The second-order valence-electron chi connectivity index (χ2n) is 3.44. The summed E-state index contributed by atoms with van der Waals surface area (Å²) in [6.07, 6.45) is 6.31. The highest BCUT2D eigenvalue weighted by atomic mass is 16.5. The molecule has 0 saturated carbocycles. The van der Waals surface area contributed by atoms with Gasteiger partial charge in [-0.25, -0.2) is 0 Å². The molecule has 4 nitrogen and oxygen atoms in total. The van der Waals surface area contributed by atoms with Crippen LogP contribution in [0.15, 0.2) is 12.4 Å². The molecule has 0 unspecified atom stereocenters. The molecule has 1 aromatic rings. The molecule has 2 rings (SSSR count). The topological polar surface area (TPSA) is 39.1 Å². The Morgan fingerprint density at radius 3 is 3.23 bits per heavy atom. The summed E-state index contributed by atoms with van der Waals surface area (Å²) in [6, 6.07) is 0. The van der Waals surface area contributed by atoms with Gasteiger partial charge in [-0.1, -0.05) is 0 Å². The van der Waals surface area contributed by atoms with Gasteiger partial charge in [0.15, 0.2) is 5.75 Å². The number of aryl methyl sites for hydroxylation is 1. The maximum Gasteiger partial charge on any atom is 0.157 e. The van der Waals surface area contributed by atoms with Crippen molar-refractivity contribution in [2.75, 3.05) is 13.1 Å². The fourth-order valence-electron chi connectivity index (χ4n) is 1.57. The minimum atomic E-state index is 0.318. The van der Waals surface area contributed by atoms with Gasteiger partial charge in [0.2, 0.25) is 0 Å². The van der Waals surface area contributed by atoms with E-state index in [2.05, 4.69) is 10.4 Å². The summed E-state index contributed by atoms with van der Waals surface area (Å²) in [6.45, 7) is 2.07. The minimum Gasteiger partial charge on any atom is -0.486 e. The zero-order valence-corrected chi connectivity index (χ0v) is 7.86. The molecule has 0 bridgehead atoms. The van der Waals surface area contributed by atoms with Crippen LogP contribution in [0.3, 0.4) is 0 Å². The van der Waals surface area contributed by atoms with Crippen LogP contribution in [0, 0.1) is 0 Å². The number of nitrogens with one attached hydrogen (secondary N) is 1. The van der Waals surface area contributed by atoms with E-state index in [1.807, 2.05) is 13.2 Å². The second-order valence-corrected chi connectivity index (χ2v) is 3.44. The van der Waals surface area contributed by atoms with Crippen molar-refractivity contribution in [2.45, 2.75) is 18.9 Å². The highest BCUT2D eigenvalue weighted by Gasteiger charge is 2.14. The molecule has 1 aliphatic heterocycles. The van der Waals surface area contributed by atoms with Gasteiger partial charge in [-0.2, -0.15) is 5.10 Å². The molecule has 1 fully saturated rings. The van der Waals surface area contributed by atoms with E-state index < -0.39 is 0 Å². The van der Waals surface area contributed by atoms with Crippen molar-refractivity contribution in [3.8, 4) is 5.75 Å². The lowest BCUT2D eigenvalue weighted by Gasteiger charge is -2.22. The lowest BCUT2D eigenvalue weighted by atomic mass is 10.1. The van der Waals surface area contributed by atoms with Crippen LogP contribution in [0.1, 0.15) is 12.8 Å². The predicted molar refractivity (Wildman–Crippen MR) is 49.7 cm³/mol. The van der Waals surface area contributed by atoms with Gasteiger partial charge in [0.1, 0.15) is 6.10 Å². The van der Waals surface area contributed by atoms with Crippen molar-refractivity contribution in [1.82, 2.24) is 15.1 Å². The van der Waals surface area contributed by atoms with Crippen molar-refractivity contribution >= 4 is 0 Å². The standard InChI is InChI=1S/C9H15N3O/c1-12-7-9(6-11-12)13-8-3-2-4-10-5-8/h6-8,10H,2-5H2,1H3/t8-/m0/s1. The summed E-state index contributed by atoms with van der Waals surface area (Å²) < 4.78 is 7.49. The minimum absolute atomic E-state index is 0.318. The molecule has 1 atom stereocenters. The zero-order valence-electron chi connectivity index (χ0n) is 7.86. The average Bonchev–Trinajstić information content (AvgIpc) is 2.53. The Morgan fingerprint density at radius 2 is 2.62 bits per heavy atom. The molecule has 0 aliphatic carbocycles. The highest BCUT2D eigenvalue weighted by molar-refractivity contribution is 5.12. The largest absolute Gasteiger partial charge is 0.486 e. The molecule has 2 heterocycles. The van der Waals surface area contributed by atoms with E-state index in [4.69, 9.17) is 4.74 Å². The fourth-order valence-corrected chi connectivity index (χ4v) is 1.57. The molecule has 13 heavy (non-hydrogen) atoms. The third kappa shape index (κ3) is 2.21. The first-order chi connectivity index (χ1) is 6.34. The predicted octanol–water partition coefficient (Wildman–Crippen LogP) is 0.551. The van der Waals surface area contributed by atoms with E-state index in [0.717, 1.165) is 25.3 Å². The number of piperidine rings is 1. The zero-order chi connectivity index (χ0) is 9.10. The average molecular weight is 181 g/mol. The summed E-state index contributed by atoms with van der Waals surface area (Å²) in [5, 5.41) is 7.36. The molecular weight excluding hydrogens is 166 g/mol. The van der Waals surface area contributed by atoms with E-state index >= 15 is 0 Å². The van der Waals surface area contributed by atoms with Gasteiger partial charge in [0.25, 0.3) is 0 Å². The normalized spacial score (nSPS) is 23.0. The van der Waals surface area contributed by atoms with Gasteiger partial charge in [0.05, 0.1) is 12.4 Å². The first kappa shape index (κ1) is 8.56. The van der Waals surface area contributed by atoms with Crippen molar-refractivity contribution < 1.29 is 4.74 Å². The first-order valence-electron chi connectivity index (χ1n) is 4.70. The summed E-state index contributed by atoms with van der Waals surface area (Å²) in [4.78, 5) is 0. The smallest absolute Gasteiger partial charge is 0.157 e. The van der Waals surface area contributed by atoms with Gasteiger partial charge >= 0.3 is 0 Å². The quantitative estimate of drug-likeness (QED) is 0.724. The Bertz CT molecular complexity index is 266. The van der Waals surface area contributed by atoms with Crippen LogP contribution in [0.4, 0.5) is 0 Å². The molecule has 0 spiro atoms.